The van der Waals surface area contributed by atoms with Crippen molar-refractivity contribution in [3.8, 4) is 0 Å². The van der Waals surface area contributed by atoms with E-state index in [0.717, 1.165) is 0 Å². The first-order valence-corrected chi connectivity index (χ1v) is 7.33. The number of nitrogens with zero attached hydrogens (tertiary/aromatic N) is 2. The molecule has 0 aliphatic rings. The second-order valence-electron chi connectivity index (χ2n) is 5.86. The minimum atomic E-state index is -0.499. The number of Topliss-reactive ketones (excluding diaryl/α,β-unsaturated/α-hetero) is 1. The number of ketones is 1. The van der Waals surface area contributed by atoms with Gasteiger partial charge in [0.1, 0.15) is 0 Å². The molecule has 1 aromatic rings. The fourth-order valence-electron chi connectivity index (χ4n) is 2.31. The van der Waals surface area contributed by atoms with E-state index in [1.165, 1.54) is 12.0 Å². The third-order valence-corrected chi connectivity index (χ3v) is 4.00. The summed E-state index contributed by atoms with van der Waals surface area (Å²) in [7, 11) is 6.36. The van der Waals surface area contributed by atoms with E-state index in [0.29, 0.717) is 22.5 Å². The number of H-pyrrole nitrogens is 1. The van der Waals surface area contributed by atoms with E-state index < -0.39 is 12.0 Å². The van der Waals surface area contributed by atoms with Crippen molar-refractivity contribution in [3.63, 3.8) is 0 Å². The number of aromatic nitrogens is 1. The fraction of sp³-hybridized carbons (Fsp3) is 0.562. The number of nitrogens with one attached hydrogen (secondary N) is 1. The summed E-state index contributed by atoms with van der Waals surface area (Å²) in [6, 6.07) is -0.499. The molecule has 23 heavy (non-hydrogen) atoms. The summed E-state index contributed by atoms with van der Waals surface area (Å²) in [4.78, 5) is 42.4. The van der Waals surface area contributed by atoms with Crippen molar-refractivity contribution in [2.75, 3.05) is 34.8 Å². The molecular weight excluding hydrogens is 298 g/mol. The van der Waals surface area contributed by atoms with Gasteiger partial charge in [0, 0.05) is 19.8 Å². The van der Waals surface area contributed by atoms with Gasteiger partial charge in [0.15, 0.2) is 5.78 Å². The zero-order valence-electron chi connectivity index (χ0n) is 14.8. The lowest BCUT2D eigenvalue weighted by Gasteiger charge is -2.24. The summed E-state index contributed by atoms with van der Waals surface area (Å²) < 4.78 is 4.75. The number of ether oxygens (including phenoxy) is 1. The second-order valence-corrected chi connectivity index (χ2v) is 5.86. The molecule has 0 unspecified atom stereocenters. The highest BCUT2D eigenvalue weighted by Gasteiger charge is 2.28. The number of aromatic amines is 1. The van der Waals surface area contributed by atoms with E-state index in [2.05, 4.69) is 4.98 Å². The molecular formula is C16H25N3O4. The zero-order chi connectivity index (χ0) is 17.9. The van der Waals surface area contributed by atoms with Gasteiger partial charge in [-0.05, 0) is 33.4 Å². The molecule has 0 radical (unpaired) electrons. The van der Waals surface area contributed by atoms with E-state index in [9.17, 15) is 14.4 Å². The molecule has 7 heteroatoms. The van der Waals surface area contributed by atoms with Crippen LogP contribution in [0.25, 0.3) is 0 Å². The van der Waals surface area contributed by atoms with E-state index in [1.54, 1.807) is 46.8 Å². The quantitative estimate of drug-likeness (QED) is 0.624. The fourth-order valence-corrected chi connectivity index (χ4v) is 2.31. The molecule has 0 saturated heterocycles. The molecule has 1 aromatic heterocycles. The number of hydrogen-bond acceptors (Lipinski definition) is 5. The van der Waals surface area contributed by atoms with Gasteiger partial charge >= 0.3 is 5.97 Å². The van der Waals surface area contributed by atoms with Crippen LogP contribution in [-0.2, 0) is 9.53 Å². The first-order chi connectivity index (χ1) is 10.6. The van der Waals surface area contributed by atoms with E-state index in [4.69, 9.17) is 4.74 Å². The number of rotatable bonds is 6. The molecule has 0 spiro atoms. The van der Waals surface area contributed by atoms with Gasteiger partial charge in [-0.2, -0.15) is 0 Å². The topological polar surface area (TPSA) is 82.7 Å². The van der Waals surface area contributed by atoms with Crippen LogP contribution in [0, 0.1) is 13.8 Å². The van der Waals surface area contributed by atoms with Gasteiger partial charge < -0.3 is 14.6 Å². The Kier molecular flexibility index (Phi) is 6.09. The van der Waals surface area contributed by atoms with Gasteiger partial charge in [-0.1, -0.05) is 0 Å². The van der Waals surface area contributed by atoms with Crippen molar-refractivity contribution in [3.05, 3.63) is 22.5 Å². The van der Waals surface area contributed by atoms with Crippen molar-refractivity contribution in [2.45, 2.75) is 26.8 Å². The van der Waals surface area contributed by atoms with E-state index in [1.807, 2.05) is 0 Å². The second kappa shape index (κ2) is 7.41. The number of methoxy groups -OCH3 is 1. The molecule has 1 rings (SSSR count). The van der Waals surface area contributed by atoms with E-state index in [-0.39, 0.29) is 18.2 Å². The Bertz CT molecular complexity index is 619. The number of esters is 1. The minimum absolute atomic E-state index is 0.0817. The Morgan fingerprint density at radius 3 is 2.22 bits per heavy atom. The number of hydrogen-bond donors (Lipinski definition) is 1. The SMILES string of the molecule is COC(=O)c1c(C)[nH]c(C(=O)[C@@H](C)N(C)CC(=O)N(C)C)c1C. The molecule has 128 valence electrons. The Morgan fingerprint density at radius 1 is 1.17 bits per heavy atom. The van der Waals surface area contributed by atoms with E-state index >= 15 is 0 Å². The van der Waals surface area contributed by atoms with Crippen LogP contribution in [0.5, 0.6) is 0 Å². The van der Waals surface area contributed by atoms with Gasteiger partial charge in [0.25, 0.3) is 0 Å². The number of likely N-dealkylation sites (N-methyl/N-ethyl adjacent to an activating group) is 2. The highest BCUT2D eigenvalue weighted by atomic mass is 16.5. The summed E-state index contributed by atoms with van der Waals surface area (Å²) in [5, 5.41) is 0. The predicted octanol–water partition coefficient (Wildman–Crippen LogP) is 1.01. The molecule has 7 nitrogen and oxygen atoms in total. The largest absolute Gasteiger partial charge is 0.465 e. The number of amides is 1. The Labute approximate surface area is 136 Å². The summed E-state index contributed by atoms with van der Waals surface area (Å²) in [6.45, 7) is 5.31. The van der Waals surface area contributed by atoms with Crippen LogP contribution in [0.15, 0.2) is 0 Å². The third-order valence-electron chi connectivity index (χ3n) is 4.00. The maximum absolute atomic E-state index is 12.7. The summed E-state index contributed by atoms with van der Waals surface area (Å²) >= 11 is 0. The molecule has 0 aliphatic heterocycles. The van der Waals surface area contributed by atoms with Crippen LogP contribution in [0.1, 0.15) is 39.0 Å². The predicted molar refractivity (Wildman–Crippen MR) is 86.7 cm³/mol. The molecule has 0 aromatic carbocycles. The maximum Gasteiger partial charge on any atom is 0.339 e. The molecule has 0 aliphatic carbocycles. The minimum Gasteiger partial charge on any atom is -0.465 e. The van der Waals surface area contributed by atoms with Crippen LogP contribution >= 0.6 is 0 Å². The maximum atomic E-state index is 12.7. The van der Waals surface area contributed by atoms with Crippen molar-refractivity contribution in [2.24, 2.45) is 0 Å². The van der Waals surface area contributed by atoms with Crippen LogP contribution in [0.2, 0.25) is 0 Å². The Morgan fingerprint density at radius 2 is 1.74 bits per heavy atom. The van der Waals surface area contributed by atoms with Crippen LogP contribution in [0.4, 0.5) is 0 Å². The van der Waals surface area contributed by atoms with Crippen LogP contribution in [0.3, 0.4) is 0 Å². The van der Waals surface area contributed by atoms with Crippen molar-refractivity contribution < 1.29 is 19.1 Å². The first-order valence-electron chi connectivity index (χ1n) is 7.33. The summed E-state index contributed by atoms with van der Waals surface area (Å²) in [6.07, 6.45) is 0. The highest BCUT2D eigenvalue weighted by Crippen LogP contribution is 2.21. The van der Waals surface area contributed by atoms with Crippen LogP contribution < -0.4 is 0 Å². The normalized spacial score (nSPS) is 12.2. The molecule has 1 heterocycles. The lowest BCUT2D eigenvalue weighted by atomic mass is 10.0. The van der Waals surface area contributed by atoms with Gasteiger partial charge in [-0.3, -0.25) is 14.5 Å². The van der Waals surface area contributed by atoms with Crippen LogP contribution in [-0.4, -0.2) is 73.3 Å². The van der Waals surface area contributed by atoms with Gasteiger partial charge in [-0.15, -0.1) is 0 Å². The highest BCUT2D eigenvalue weighted by molar-refractivity contribution is 6.03. The average Bonchev–Trinajstić information content (AvgIpc) is 2.79. The molecule has 1 amide bonds. The number of carbonyl (C=O) groups is 3. The zero-order valence-corrected chi connectivity index (χ0v) is 14.8. The average molecular weight is 323 g/mol. The van der Waals surface area contributed by atoms with Crippen molar-refractivity contribution >= 4 is 17.7 Å². The molecule has 0 saturated carbocycles. The first kappa shape index (κ1) is 18.9. The molecule has 1 atom stereocenters. The van der Waals surface area contributed by atoms with Gasteiger partial charge in [-0.25, -0.2) is 4.79 Å². The monoisotopic (exact) mass is 323 g/mol. The van der Waals surface area contributed by atoms with Crippen molar-refractivity contribution in [1.82, 2.24) is 14.8 Å². The molecule has 1 N–H and O–H groups in total. The lowest BCUT2D eigenvalue weighted by molar-refractivity contribution is -0.129. The number of aryl methyl sites for hydroxylation is 1. The third kappa shape index (κ3) is 3.98. The lowest BCUT2D eigenvalue weighted by Crippen LogP contribution is -2.42. The number of carbonyl (C=O) groups excluding carboxylic acids is 3. The standard InChI is InChI=1S/C16H25N3O4/c1-9-13(16(22)23-7)10(2)17-14(9)15(21)11(3)19(6)8-12(20)18(4)5/h11,17H,8H2,1-7H3/t11-/m1/s1. The van der Waals surface area contributed by atoms with Gasteiger partial charge in [0.05, 0.1) is 31.0 Å². The Balaban J connectivity index is 3.01. The smallest absolute Gasteiger partial charge is 0.339 e. The molecule has 0 bridgehead atoms. The summed E-state index contributed by atoms with van der Waals surface area (Å²) in [5.74, 6) is -0.726. The summed E-state index contributed by atoms with van der Waals surface area (Å²) in [5.41, 5.74) is 1.92. The molecule has 0 fully saturated rings. The Hall–Kier alpha value is -2.15. The van der Waals surface area contributed by atoms with Gasteiger partial charge in [0.2, 0.25) is 5.91 Å². The van der Waals surface area contributed by atoms with Crippen molar-refractivity contribution in [1.29, 1.82) is 0 Å².